The minimum absolute atomic E-state index is 0.108. The van der Waals surface area contributed by atoms with E-state index in [1.54, 1.807) is 31.2 Å². The standard InChI is InChI=1S/C15H18N4O2/c1-10-8-12(9-14(17-10)19-16)15(21)18-13-4-2-11(3-5-13)6-7-20/h2-5,8-9,20H,6-7,16H2,1H3,(H,17,19)(H,18,21). The molecule has 1 amide bonds. The molecule has 5 N–H and O–H groups in total. The monoisotopic (exact) mass is 286 g/mol. The lowest BCUT2D eigenvalue weighted by Crippen LogP contribution is -2.15. The molecule has 0 aliphatic heterocycles. The molecule has 2 aromatic rings. The van der Waals surface area contributed by atoms with Crippen molar-refractivity contribution in [2.24, 2.45) is 5.84 Å². The highest BCUT2D eigenvalue weighted by Crippen LogP contribution is 2.14. The Balaban J connectivity index is 2.12. The van der Waals surface area contributed by atoms with Gasteiger partial charge in [-0.2, -0.15) is 0 Å². The fourth-order valence-electron chi connectivity index (χ4n) is 1.96. The smallest absolute Gasteiger partial charge is 0.255 e. The number of aromatic nitrogens is 1. The van der Waals surface area contributed by atoms with Crippen molar-refractivity contribution in [3.05, 3.63) is 53.2 Å². The zero-order chi connectivity index (χ0) is 15.2. The third-order valence-electron chi connectivity index (χ3n) is 2.98. The van der Waals surface area contributed by atoms with Gasteiger partial charge in [0.05, 0.1) is 0 Å². The van der Waals surface area contributed by atoms with Gasteiger partial charge in [-0.1, -0.05) is 12.1 Å². The van der Waals surface area contributed by atoms with Gasteiger partial charge in [-0.15, -0.1) is 0 Å². The number of hydrazine groups is 1. The number of nitrogen functional groups attached to an aromatic ring is 1. The van der Waals surface area contributed by atoms with Gasteiger partial charge in [0.2, 0.25) is 0 Å². The Hall–Kier alpha value is -2.44. The second-order valence-corrected chi connectivity index (χ2v) is 4.65. The first-order chi connectivity index (χ1) is 10.1. The number of aryl methyl sites for hydroxylation is 1. The largest absolute Gasteiger partial charge is 0.396 e. The van der Waals surface area contributed by atoms with Gasteiger partial charge in [0, 0.05) is 23.6 Å². The van der Waals surface area contributed by atoms with E-state index in [4.69, 9.17) is 10.9 Å². The number of rotatable bonds is 5. The van der Waals surface area contributed by atoms with Gasteiger partial charge in [0.15, 0.2) is 0 Å². The van der Waals surface area contributed by atoms with Crippen LogP contribution in [0, 0.1) is 6.92 Å². The number of nitrogens with one attached hydrogen (secondary N) is 2. The van der Waals surface area contributed by atoms with E-state index in [0.29, 0.717) is 29.2 Å². The van der Waals surface area contributed by atoms with Gasteiger partial charge in [0.1, 0.15) is 5.82 Å². The molecule has 21 heavy (non-hydrogen) atoms. The summed E-state index contributed by atoms with van der Waals surface area (Å²) in [4.78, 5) is 16.3. The highest BCUT2D eigenvalue weighted by Gasteiger charge is 2.09. The summed E-state index contributed by atoms with van der Waals surface area (Å²) >= 11 is 0. The van der Waals surface area contributed by atoms with Gasteiger partial charge < -0.3 is 15.8 Å². The van der Waals surface area contributed by atoms with E-state index in [-0.39, 0.29) is 12.5 Å². The van der Waals surface area contributed by atoms with Crippen molar-refractivity contribution in [3.63, 3.8) is 0 Å². The van der Waals surface area contributed by atoms with E-state index >= 15 is 0 Å². The van der Waals surface area contributed by atoms with Crippen LogP contribution in [-0.4, -0.2) is 22.6 Å². The molecule has 0 aliphatic carbocycles. The number of anilines is 2. The number of hydrogen-bond donors (Lipinski definition) is 4. The third-order valence-corrected chi connectivity index (χ3v) is 2.98. The first-order valence-electron chi connectivity index (χ1n) is 6.59. The molecule has 0 atom stereocenters. The number of aliphatic hydroxyl groups excluding tert-OH is 1. The second kappa shape index (κ2) is 6.83. The summed E-state index contributed by atoms with van der Waals surface area (Å²) in [6.07, 6.45) is 0.601. The van der Waals surface area contributed by atoms with Crippen LogP contribution in [0.15, 0.2) is 36.4 Å². The molecule has 110 valence electrons. The Morgan fingerprint density at radius 1 is 1.29 bits per heavy atom. The molecule has 0 aliphatic rings. The zero-order valence-electron chi connectivity index (χ0n) is 11.8. The van der Waals surface area contributed by atoms with Crippen LogP contribution in [0.4, 0.5) is 11.5 Å². The Kier molecular flexibility index (Phi) is 4.86. The van der Waals surface area contributed by atoms with Gasteiger partial charge >= 0.3 is 0 Å². The van der Waals surface area contributed by atoms with E-state index in [2.05, 4.69) is 15.7 Å². The van der Waals surface area contributed by atoms with E-state index in [9.17, 15) is 4.79 Å². The molecule has 0 spiro atoms. The summed E-state index contributed by atoms with van der Waals surface area (Å²) in [7, 11) is 0. The summed E-state index contributed by atoms with van der Waals surface area (Å²) < 4.78 is 0. The third kappa shape index (κ3) is 4.01. The SMILES string of the molecule is Cc1cc(C(=O)Nc2ccc(CCO)cc2)cc(NN)n1. The quantitative estimate of drug-likeness (QED) is 0.492. The van der Waals surface area contributed by atoms with Crippen molar-refractivity contribution < 1.29 is 9.90 Å². The molecule has 1 aromatic carbocycles. The highest BCUT2D eigenvalue weighted by atomic mass is 16.2. The predicted molar refractivity (Wildman–Crippen MR) is 82.0 cm³/mol. The summed E-state index contributed by atoms with van der Waals surface area (Å²) in [6, 6.07) is 10.6. The maximum absolute atomic E-state index is 12.2. The first kappa shape index (κ1) is 15.0. The fourth-order valence-corrected chi connectivity index (χ4v) is 1.96. The van der Waals surface area contributed by atoms with E-state index in [1.807, 2.05) is 12.1 Å². The van der Waals surface area contributed by atoms with Crippen LogP contribution in [0.5, 0.6) is 0 Å². The molecular weight excluding hydrogens is 268 g/mol. The van der Waals surface area contributed by atoms with Crippen molar-refractivity contribution in [2.45, 2.75) is 13.3 Å². The lowest BCUT2D eigenvalue weighted by Gasteiger charge is -2.08. The maximum Gasteiger partial charge on any atom is 0.255 e. The number of aliphatic hydroxyl groups is 1. The molecular formula is C15H18N4O2. The highest BCUT2D eigenvalue weighted by molar-refractivity contribution is 6.04. The molecule has 1 aromatic heterocycles. The fraction of sp³-hybridized carbons (Fsp3) is 0.200. The number of hydrogen-bond acceptors (Lipinski definition) is 5. The van der Waals surface area contributed by atoms with E-state index in [1.165, 1.54) is 0 Å². The van der Waals surface area contributed by atoms with Crippen LogP contribution in [0.2, 0.25) is 0 Å². The average Bonchev–Trinajstić information content (AvgIpc) is 2.48. The number of carbonyl (C=O) groups excluding carboxylic acids is 1. The number of carbonyl (C=O) groups is 1. The number of amides is 1. The van der Waals surface area contributed by atoms with E-state index < -0.39 is 0 Å². The summed E-state index contributed by atoms with van der Waals surface area (Å²) in [5.74, 6) is 5.53. The number of benzene rings is 1. The molecule has 1 heterocycles. The van der Waals surface area contributed by atoms with Crippen LogP contribution in [0.3, 0.4) is 0 Å². The van der Waals surface area contributed by atoms with Crippen LogP contribution in [0.1, 0.15) is 21.6 Å². The van der Waals surface area contributed by atoms with Crippen LogP contribution < -0.4 is 16.6 Å². The van der Waals surface area contributed by atoms with Crippen molar-refractivity contribution >= 4 is 17.4 Å². The number of nitrogens with two attached hydrogens (primary N) is 1. The molecule has 0 radical (unpaired) electrons. The lowest BCUT2D eigenvalue weighted by molar-refractivity contribution is 0.102. The molecule has 0 unspecified atom stereocenters. The normalized spacial score (nSPS) is 10.2. The Bertz CT molecular complexity index is 626. The Labute approximate surface area is 123 Å². The topological polar surface area (TPSA) is 100 Å². The molecule has 6 nitrogen and oxygen atoms in total. The minimum Gasteiger partial charge on any atom is -0.396 e. The second-order valence-electron chi connectivity index (χ2n) is 4.65. The summed E-state index contributed by atoms with van der Waals surface area (Å²) in [5, 5.41) is 11.7. The zero-order valence-corrected chi connectivity index (χ0v) is 11.8. The lowest BCUT2D eigenvalue weighted by atomic mass is 10.1. The van der Waals surface area contributed by atoms with Gasteiger partial charge in [0.25, 0.3) is 5.91 Å². The van der Waals surface area contributed by atoms with Crippen LogP contribution in [0.25, 0.3) is 0 Å². The minimum atomic E-state index is -0.230. The Morgan fingerprint density at radius 2 is 2.00 bits per heavy atom. The predicted octanol–water partition coefficient (Wildman–Crippen LogP) is 1.46. The Morgan fingerprint density at radius 3 is 2.62 bits per heavy atom. The summed E-state index contributed by atoms with van der Waals surface area (Å²) in [5.41, 5.74) is 5.33. The molecule has 2 rings (SSSR count). The van der Waals surface area contributed by atoms with Crippen LogP contribution >= 0.6 is 0 Å². The van der Waals surface area contributed by atoms with Crippen molar-refractivity contribution in [1.82, 2.24) is 4.98 Å². The molecule has 0 bridgehead atoms. The molecule has 6 heteroatoms. The summed E-state index contributed by atoms with van der Waals surface area (Å²) in [6.45, 7) is 1.90. The first-order valence-corrected chi connectivity index (χ1v) is 6.59. The van der Waals surface area contributed by atoms with Crippen molar-refractivity contribution in [2.75, 3.05) is 17.3 Å². The molecule has 0 saturated carbocycles. The van der Waals surface area contributed by atoms with Gasteiger partial charge in [-0.25, -0.2) is 10.8 Å². The maximum atomic E-state index is 12.2. The van der Waals surface area contributed by atoms with Crippen LogP contribution in [-0.2, 0) is 6.42 Å². The molecule has 0 saturated heterocycles. The molecule has 0 fully saturated rings. The van der Waals surface area contributed by atoms with Gasteiger partial charge in [-0.05, 0) is 43.2 Å². The van der Waals surface area contributed by atoms with E-state index in [0.717, 1.165) is 5.56 Å². The number of nitrogens with zero attached hydrogens (tertiary/aromatic N) is 1. The van der Waals surface area contributed by atoms with Crippen molar-refractivity contribution in [1.29, 1.82) is 0 Å². The van der Waals surface area contributed by atoms with Crippen molar-refractivity contribution in [3.8, 4) is 0 Å². The van der Waals surface area contributed by atoms with Gasteiger partial charge in [-0.3, -0.25) is 4.79 Å². The number of pyridine rings is 1. The average molecular weight is 286 g/mol.